The number of nitrogens with one attached hydrogen (secondary N) is 1. The number of hydrogen-bond donors (Lipinski definition) is 1. The maximum absolute atomic E-state index is 11.3. The quantitative estimate of drug-likeness (QED) is 0.744. The first-order chi connectivity index (χ1) is 7.09. The summed E-state index contributed by atoms with van der Waals surface area (Å²) in [6, 6.07) is 0. The van der Waals surface area contributed by atoms with Crippen LogP contribution in [0.1, 0.15) is 52.4 Å². The standard InChI is InChI=1S/C13H23NO/c1-10-5-3-4-6-11(10)7-13(2)8-12(15)14-9-13/h10-11H,3-9H2,1-2H3,(H,14,15)/t10-,11-,13-/m1/s1. The molecule has 2 aliphatic rings. The largest absolute Gasteiger partial charge is 0.356 e. The molecule has 1 N–H and O–H groups in total. The van der Waals surface area contributed by atoms with Gasteiger partial charge in [0.2, 0.25) is 5.91 Å². The van der Waals surface area contributed by atoms with E-state index in [1.807, 2.05) is 0 Å². The minimum atomic E-state index is 0.243. The van der Waals surface area contributed by atoms with Gasteiger partial charge in [0, 0.05) is 13.0 Å². The molecule has 1 aliphatic heterocycles. The monoisotopic (exact) mass is 209 g/mol. The predicted molar refractivity (Wildman–Crippen MR) is 61.5 cm³/mol. The highest BCUT2D eigenvalue weighted by molar-refractivity contribution is 5.79. The van der Waals surface area contributed by atoms with Crippen LogP contribution in [0.25, 0.3) is 0 Å². The summed E-state index contributed by atoms with van der Waals surface area (Å²) >= 11 is 0. The Bertz CT molecular complexity index is 251. The number of rotatable bonds is 2. The molecule has 0 spiro atoms. The fourth-order valence-electron chi connectivity index (χ4n) is 3.30. The molecule has 1 amide bonds. The van der Waals surface area contributed by atoms with E-state index in [0.29, 0.717) is 0 Å². The molecule has 0 radical (unpaired) electrons. The Kier molecular flexibility index (Phi) is 3.03. The van der Waals surface area contributed by atoms with Gasteiger partial charge in [0.1, 0.15) is 0 Å². The van der Waals surface area contributed by atoms with E-state index < -0.39 is 0 Å². The van der Waals surface area contributed by atoms with Crippen LogP contribution < -0.4 is 5.32 Å². The Balaban J connectivity index is 1.92. The van der Waals surface area contributed by atoms with E-state index >= 15 is 0 Å². The Labute approximate surface area is 92.8 Å². The molecule has 2 rings (SSSR count). The SMILES string of the molecule is C[C@@H]1CCCC[C@@H]1C[C@@]1(C)CNC(=O)C1. The highest BCUT2D eigenvalue weighted by Crippen LogP contribution is 2.40. The van der Waals surface area contributed by atoms with E-state index in [2.05, 4.69) is 19.2 Å². The van der Waals surface area contributed by atoms with E-state index in [1.54, 1.807) is 0 Å². The van der Waals surface area contributed by atoms with Crippen molar-refractivity contribution in [3.63, 3.8) is 0 Å². The van der Waals surface area contributed by atoms with Gasteiger partial charge in [-0.15, -0.1) is 0 Å². The van der Waals surface area contributed by atoms with Crippen LogP contribution in [0.5, 0.6) is 0 Å². The van der Waals surface area contributed by atoms with Crippen LogP contribution in [0.3, 0.4) is 0 Å². The molecular weight excluding hydrogens is 186 g/mol. The predicted octanol–water partition coefficient (Wildman–Crippen LogP) is 2.73. The second-order valence-corrected chi connectivity index (χ2v) is 5.99. The van der Waals surface area contributed by atoms with Gasteiger partial charge in [0.25, 0.3) is 0 Å². The average molecular weight is 209 g/mol. The lowest BCUT2D eigenvalue weighted by molar-refractivity contribution is -0.119. The molecule has 1 saturated heterocycles. The molecule has 0 aromatic carbocycles. The molecule has 1 heterocycles. The van der Waals surface area contributed by atoms with Crippen molar-refractivity contribution in [3.05, 3.63) is 0 Å². The second kappa shape index (κ2) is 4.15. The summed E-state index contributed by atoms with van der Waals surface area (Å²) in [5.41, 5.74) is 0.243. The number of hydrogen-bond acceptors (Lipinski definition) is 1. The van der Waals surface area contributed by atoms with Gasteiger partial charge >= 0.3 is 0 Å². The van der Waals surface area contributed by atoms with Gasteiger partial charge in [-0.25, -0.2) is 0 Å². The van der Waals surface area contributed by atoms with Gasteiger partial charge in [-0.3, -0.25) is 4.79 Å². The summed E-state index contributed by atoms with van der Waals surface area (Å²) in [7, 11) is 0. The second-order valence-electron chi connectivity index (χ2n) is 5.99. The van der Waals surface area contributed by atoms with Crippen LogP contribution in [0, 0.1) is 17.3 Å². The fraction of sp³-hybridized carbons (Fsp3) is 0.923. The van der Waals surface area contributed by atoms with Gasteiger partial charge in [-0.05, 0) is 23.7 Å². The lowest BCUT2D eigenvalue weighted by atomic mass is 9.71. The number of carbonyl (C=O) groups is 1. The van der Waals surface area contributed by atoms with E-state index in [-0.39, 0.29) is 11.3 Å². The number of carbonyl (C=O) groups excluding carboxylic acids is 1. The minimum Gasteiger partial charge on any atom is -0.356 e. The number of amides is 1. The van der Waals surface area contributed by atoms with Crippen molar-refractivity contribution in [1.29, 1.82) is 0 Å². The molecule has 2 heteroatoms. The summed E-state index contributed by atoms with van der Waals surface area (Å²) in [6.45, 7) is 5.55. The Morgan fingerprint density at radius 1 is 1.40 bits per heavy atom. The zero-order chi connectivity index (χ0) is 10.9. The third-order valence-corrected chi connectivity index (χ3v) is 4.34. The molecule has 0 bridgehead atoms. The van der Waals surface area contributed by atoms with Crippen molar-refractivity contribution in [3.8, 4) is 0 Å². The van der Waals surface area contributed by atoms with Crippen LogP contribution in [0.2, 0.25) is 0 Å². The fourth-order valence-corrected chi connectivity index (χ4v) is 3.30. The van der Waals surface area contributed by atoms with E-state index in [1.165, 1.54) is 32.1 Å². The average Bonchev–Trinajstić information content (AvgIpc) is 2.51. The lowest BCUT2D eigenvalue weighted by Crippen LogP contribution is -2.28. The van der Waals surface area contributed by atoms with Crippen molar-refractivity contribution >= 4 is 5.91 Å². The third-order valence-electron chi connectivity index (χ3n) is 4.34. The zero-order valence-corrected chi connectivity index (χ0v) is 10.0. The summed E-state index contributed by atoms with van der Waals surface area (Å²) in [5.74, 6) is 1.98. The van der Waals surface area contributed by atoms with Crippen molar-refractivity contribution in [1.82, 2.24) is 5.32 Å². The molecular formula is C13H23NO. The topological polar surface area (TPSA) is 29.1 Å². The van der Waals surface area contributed by atoms with Crippen molar-refractivity contribution in [2.75, 3.05) is 6.54 Å². The molecule has 2 fully saturated rings. The van der Waals surface area contributed by atoms with Crippen LogP contribution >= 0.6 is 0 Å². The maximum Gasteiger partial charge on any atom is 0.220 e. The van der Waals surface area contributed by atoms with Gasteiger partial charge in [0.15, 0.2) is 0 Å². The van der Waals surface area contributed by atoms with E-state index in [9.17, 15) is 4.79 Å². The van der Waals surface area contributed by atoms with E-state index in [4.69, 9.17) is 0 Å². The normalized spacial score (nSPS) is 41.6. The van der Waals surface area contributed by atoms with Crippen LogP contribution in [0.15, 0.2) is 0 Å². The summed E-state index contributed by atoms with van der Waals surface area (Å²) < 4.78 is 0. The molecule has 0 aromatic rings. The lowest BCUT2D eigenvalue weighted by Gasteiger charge is -2.34. The van der Waals surface area contributed by atoms with Crippen molar-refractivity contribution in [2.45, 2.75) is 52.4 Å². The first-order valence-corrected chi connectivity index (χ1v) is 6.36. The first-order valence-electron chi connectivity index (χ1n) is 6.36. The smallest absolute Gasteiger partial charge is 0.220 e. The van der Waals surface area contributed by atoms with Crippen molar-refractivity contribution < 1.29 is 4.79 Å². The third kappa shape index (κ3) is 2.53. The molecule has 86 valence electrons. The summed E-state index contributed by atoms with van der Waals surface area (Å²) in [6.07, 6.45) is 7.56. The van der Waals surface area contributed by atoms with E-state index in [0.717, 1.165) is 24.8 Å². The van der Waals surface area contributed by atoms with Gasteiger partial charge in [-0.2, -0.15) is 0 Å². The summed E-state index contributed by atoms with van der Waals surface area (Å²) in [4.78, 5) is 11.3. The summed E-state index contributed by atoms with van der Waals surface area (Å²) in [5, 5.41) is 2.98. The molecule has 0 unspecified atom stereocenters. The highest BCUT2D eigenvalue weighted by Gasteiger charge is 2.37. The molecule has 3 atom stereocenters. The van der Waals surface area contributed by atoms with Crippen LogP contribution in [-0.4, -0.2) is 12.5 Å². The Morgan fingerprint density at radius 3 is 2.73 bits per heavy atom. The Hall–Kier alpha value is -0.530. The zero-order valence-electron chi connectivity index (χ0n) is 10.0. The first kappa shape index (κ1) is 11.0. The Morgan fingerprint density at radius 2 is 2.13 bits per heavy atom. The molecule has 0 aromatic heterocycles. The van der Waals surface area contributed by atoms with Crippen molar-refractivity contribution in [2.24, 2.45) is 17.3 Å². The molecule has 1 saturated carbocycles. The molecule has 1 aliphatic carbocycles. The van der Waals surface area contributed by atoms with Gasteiger partial charge in [0.05, 0.1) is 0 Å². The van der Waals surface area contributed by atoms with Crippen LogP contribution in [-0.2, 0) is 4.79 Å². The maximum atomic E-state index is 11.3. The van der Waals surface area contributed by atoms with Crippen LogP contribution in [0.4, 0.5) is 0 Å². The molecule has 15 heavy (non-hydrogen) atoms. The molecule has 2 nitrogen and oxygen atoms in total. The van der Waals surface area contributed by atoms with Gasteiger partial charge < -0.3 is 5.32 Å². The van der Waals surface area contributed by atoms with Gasteiger partial charge in [-0.1, -0.05) is 39.5 Å². The minimum absolute atomic E-state index is 0.243. The highest BCUT2D eigenvalue weighted by atomic mass is 16.1.